The van der Waals surface area contributed by atoms with E-state index in [0.29, 0.717) is 30.4 Å². The van der Waals surface area contributed by atoms with Crippen molar-refractivity contribution in [1.29, 1.82) is 0 Å². The Morgan fingerprint density at radius 1 is 1.42 bits per heavy atom. The number of hydrogen-bond acceptors (Lipinski definition) is 5. The van der Waals surface area contributed by atoms with E-state index < -0.39 is 0 Å². The van der Waals surface area contributed by atoms with E-state index in [4.69, 9.17) is 10.5 Å². The molecule has 3 N–H and O–H groups in total. The van der Waals surface area contributed by atoms with E-state index in [1.165, 1.54) is 0 Å². The number of nitrogens with one attached hydrogen (secondary N) is 1. The van der Waals surface area contributed by atoms with Crippen LogP contribution in [0.1, 0.15) is 40.8 Å². The molecule has 0 spiro atoms. The van der Waals surface area contributed by atoms with Crippen molar-refractivity contribution in [2.45, 2.75) is 38.8 Å². The maximum absolute atomic E-state index is 12.5. The largest absolute Gasteiger partial charge is 0.487 e. The summed E-state index contributed by atoms with van der Waals surface area (Å²) in [4.78, 5) is 16.9. The number of carbonyl (C=O) groups excluding carboxylic acids is 1. The van der Waals surface area contributed by atoms with Crippen molar-refractivity contribution in [2.75, 3.05) is 6.54 Å². The lowest BCUT2D eigenvalue weighted by molar-refractivity contribution is 0.0897. The zero-order valence-electron chi connectivity index (χ0n) is 14.9. The van der Waals surface area contributed by atoms with Crippen molar-refractivity contribution in [3.8, 4) is 5.75 Å². The number of aromatic nitrogens is 1. The Labute approximate surface area is 170 Å². The second-order valence-corrected chi connectivity index (χ2v) is 7.59. The van der Waals surface area contributed by atoms with Crippen LogP contribution >= 0.6 is 36.2 Å². The van der Waals surface area contributed by atoms with Crippen LogP contribution in [0.4, 0.5) is 0 Å². The second kappa shape index (κ2) is 9.55. The first-order valence-corrected chi connectivity index (χ1v) is 9.04. The summed E-state index contributed by atoms with van der Waals surface area (Å²) in [7, 11) is 0. The number of aryl methyl sites for hydroxylation is 1. The second-order valence-electron chi connectivity index (χ2n) is 6.52. The lowest BCUT2D eigenvalue weighted by atomic mass is 9.95. The highest BCUT2D eigenvalue weighted by Crippen LogP contribution is 2.39. The fourth-order valence-corrected chi connectivity index (χ4v) is 3.33. The summed E-state index contributed by atoms with van der Waals surface area (Å²) in [5.74, 6) is 1.04. The van der Waals surface area contributed by atoms with E-state index >= 15 is 0 Å². The SMILES string of the molecule is Cc1nc(COc2cccc(C(=O)NC(C)(CN)C3CC3)c2)cs1.Cl.Cl. The van der Waals surface area contributed by atoms with Crippen molar-refractivity contribution >= 4 is 42.1 Å². The highest BCUT2D eigenvalue weighted by Gasteiger charge is 2.41. The van der Waals surface area contributed by atoms with E-state index in [2.05, 4.69) is 10.3 Å². The number of benzene rings is 1. The highest BCUT2D eigenvalue weighted by molar-refractivity contribution is 7.09. The molecule has 1 aromatic heterocycles. The maximum atomic E-state index is 12.5. The number of nitrogens with two attached hydrogens (primary N) is 1. The van der Waals surface area contributed by atoms with Gasteiger partial charge in [0.05, 0.1) is 16.2 Å². The van der Waals surface area contributed by atoms with Gasteiger partial charge < -0.3 is 15.8 Å². The number of hydrogen-bond donors (Lipinski definition) is 2. The van der Waals surface area contributed by atoms with Gasteiger partial charge in [-0.05, 0) is 50.8 Å². The minimum Gasteiger partial charge on any atom is -0.487 e. The van der Waals surface area contributed by atoms with Crippen molar-refractivity contribution < 1.29 is 9.53 Å². The molecular formula is C18H25Cl2N3O2S. The molecule has 1 aliphatic rings. The monoisotopic (exact) mass is 417 g/mol. The Balaban J connectivity index is 0.00000169. The topological polar surface area (TPSA) is 77.2 Å². The molecule has 26 heavy (non-hydrogen) atoms. The number of halogens is 2. The molecule has 144 valence electrons. The predicted octanol–water partition coefficient (Wildman–Crippen LogP) is 3.73. The Hall–Kier alpha value is -1.34. The van der Waals surface area contributed by atoms with Gasteiger partial charge in [0.15, 0.2) is 0 Å². The summed E-state index contributed by atoms with van der Waals surface area (Å²) >= 11 is 1.60. The molecule has 1 fully saturated rings. The van der Waals surface area contributed by atoms with Crippen LogP contribution < -0.4 is 15.8 Å². The van der Waals surface area contributed by atoms with Crippen molar-refractivity contribution in [1.82, 2.24) is 10.3 Å². The Morgan fingerprint density at radius 3 is 2.73 bits per heavy atom. The van der Waals surface area contributed by atoms with Gasteiger partial charge in [-0.2, -0.15) is 0 Å². The lowest BCUT2D eigenvalue weighted by Gasteiger charge is -2.29. The average Bonchev–Trinajstić information content (AvgIpc) is 3.36. The van der Waals surface area contributed by atoms with Crippen LogP contribution in [0.3, 0.4) is 0 Å². The van der Waals surface area contributed by atoms with Crippen LogP contribution in [-0.2, 0) is 6.61 Å². The molecule has 1 atom stereocenters. The van der Waals surface area contributed by atoms with Gasteiger partial charge in [-0.1, -0.05) is 6.07 Å². The van der Waals surface area contributed by atoms with Gasteiger partial charge in [0.2, 0.25) is 0 Å². The minimum absolute atomic E-state index is 0. The summed E-state index contributed by atoms with van der Waals surface area (Å²) in [6, 6.07) is 7.23. The molecule has 1 aromatic carbocycles. The number of carbonyl (C=O) groups is 1. The van der Waals surface area contributed by atoms with Crippen molar-refractivity contribution in [3.05, 3.63) is 45.9 Å². The average molecular weight is 418 g/mol. The summed E-state index contributed by atoms with van der Waals surface area (Å²) in [5, 5.41) is 6.09. The predicted molar refractivity (Wildman–Crippen MR) is 110 cm³/mol. The Bertz CT molecular complexity index is 737. The number of thiazole rings is 1. The number of nitrogens with zero attached hydrogens (tertiary/aromatic N) is 1. The van der Waals surface area contributed by atoms with Crippen LogP contribution in [0.25, 0.3) is 0 Å². The van der Waals surface area contributed by atoms with Crippen LogP contribution in [0, 0.1) is 12.8 Å². The molecule has 0 radical (unpaired) electrons. The van der Waals surface area contributed by atoms with Gasteiger partial charge in [-0.3, -0.25) is 4.79 Å². The molecule has 1 heterocycles. The quantitative estimate of drug-likeness (QED) is 0.718. The molecule has 2 aromatic rings. The lowest BCUT2D eigenvalue weighted by Crippen LogP contribution is -2.53. The molecule has 0 bridgehead atoms. The molecule has 1 unspecified atom stereocenters. The standard InChI is InChI=1S/C18H23N3O2S.2ClH/c1-12-20-15(10-24-12)9-23-16-5-3-4-13(8-16)17(22)21-18(2,11-19)14-6-7-14;;/h3-5,8,10,14H,6-7,9,11,19H2,1-2H3,(H,21,22);2*1H. The van der Waals surface area contributed by atoms with Crippen molar-refractivity contribution in [3.63, 3.8) is 0 Å². The van der Waals surface area contributed by atoms with Gasteiger partial charge in [-0.15, -0.1) is 36.2 Å². The minimum atomic E-state index is -0.327. The third-order valence-corrected chi connectivity index (χ3v) is 5.27. The van der Waals surface area contributed by atoms with Crippen LogP contribution in [-0.4, -0.2) is 23.0 Å². The first kappa shape index (κ1) is 22.7. The normalized spacial score (nSPS) is 15.2. The number of amides is 1. The molecule has 1 saturated carbocycles. The molecule has 5 nitrogen and oxygen atoms in total. The Kier molecular flexibility index (Phi) is 8.34. The van der Waals surface area contributed by atoms with Crippen LogP contribution in [0.2, 0.25) is 0 Å². The first-order valence-electron chi connectivity index (χ1n) is 8.16. The summed E-state index contributed by atoms with van der Waals surface area (Å²) in [5.41, 5.74) is 7.03. The first-order chi connectivity index (χ1) is 11.5. The fourth-order valence-electron chi connectivity index (χ4n) is 2.73. The summed E-state index contributed by atoms with van der Waals surface area (Å²) < 4.78 is 5.75. The zero-order chi connectivity index (χ0) is 17.2. The summed E-state index contributed by atoms with van der Waals surface area (Å²) in [6.07, 6.45) is 2.26. The Morgan fingerprint density at radius 2 is 2.15 bits per heavy atom. The molecule has 1 amide bonds. The van der Waals surface area contributed by atoms with Gasteiger partial charge in [0.1, 0.15) is 12.4 Å². The third kappa shape index (κ3) is 5.58. The molecule has 1 aliphatic carbocycles. The van der Waals surface area contributed by atoms with Crippen molar-refractivity contribution in [2.24, 2.45) is 11.7 Å². The molecule has 3 rings (SSSR count). The van der Waals surface area contributed by atoms with Crippen LogP contribution in [0.5, 0.6) is 5.75 Å². The molecule has 0 aliphatic heterocycles. The molecule has 8 heteroatoms. The van der Waals surface area contributed by atoms with E-state index in [1.54, 1.807) is 23.5 Å². The highest BCUT2D eigenvalue weighted by atomic mass is 35.5. The summed E-state index contributed by atoms with van der Waals surface area (Å²) in [6.45, 7) is 4.84. The zero-order valence-corrected chi connectivity index (χ0v) is 17.3. The van der Waals surface area contributed by atoms with Gasteiger partial charge >= 0.3 is 0 Å². The molecular weight excluding hydrogens is 393 g/mol. The van der Waals surface area contributed by atoms with Gasteiger partial charge in [-0.25, -0.2) is 4.98 Å². The van der Waals surface area contributed by atoms with Gasteiger partial charge in [0, 0.05) is 17.5 Å². The third-order valence-electron chi connectivity index (χ3n) is 4.45. The van der Waals surface area contributed by atoms with Crippen LogP contribution in [0.15, 0.2) is 29.6 Å². The fraction of sp³-hybridized carbons (Fsp3) is 0.444. The van der Waals surface area contributed by atoms with E-state index in [0.717, 1.165) is 23.5 Å². The number of rotatable bonds is 7. The molecule has 0 saturated heterocycles. The smallest absolute Gasteiger partial charge is 0.251 e. The maximum Gasteiger partial charge on any atom is 0.251 e. The van der Waals surface area contributed by atoms with E-state index in [-0.39, 0.29) is 36.3 Å². The van der Waals surface area contributed by atoms with E-state index in [9.17, 15) is 4.79 Å². The van der Waals surface area contributed by atoms with Gasteiger partial charge in [0.25, 0.3) is 5.91 Å². The van der Waals surface area contributed by atoms with E-state index in [1.807, 2.05) is 31.4 Å². The number of ether oxygens (including phenoxy) is 1.